The number of benzene rings is 2. The summed E-state index contributed by atoms with van der Waals surface area (Å²) in [5.74, 6) is 1.20. The number of aromatic amines is 4. The van der Waals surface area contributed by atoms with Crippen LogP contribution >= 0.6 is 0 Å². The van der Waals surface area contributed by atoms with Gasteiger partial charge in [0.1, 0.15) is 23.6 Å². The van der Waals surface area contributed by atoms with Crippen LogP contribution in [0.15, 0.2) is 85.2 Å². The van der Waals surface area contributed by atoms with Gasteiger partial charge in [0.2, 0.25) is 0 Å². The van der Waals surface area contributed by atoms with Crippen LogP contribution in [0.4, 0.5) is 0 Å². The fourth-order valence-corrected chi connectivity index (χ4v) is 5.14. The first-order valence-corrected chi connectivity index (χ1v) is 15.2. The fraction of sp³-hybridized carbons (Fsp3) is 0.200. The first-order valence-electron chi connectivity index (χ1n) is 15.2. The molecule has 240 valence electrons. The van der Waals surface area contributed by atoms with Gasteiger partial charge in [-0.05, 0) is 31.9 Å². The molecule has 0 aliphatic rings. The van der Waals surface area contributed by atoms with Crippen molar-refractivity contribution in [2.24, 2.45) is 0 Å². The summed E-state index contributed by atoms with van der Waals surface area (Å²) in [4.78, 5) is 47.7. The average molecular weight is 633 g/mol. The lowest BCUT2D eigenvalue weighted by atomic mass is 10.1. The Bertz CT molecular complexity index is 1970. The summed E-state index contributed by atoms with van der Waals surface area (Å²) in [6, 6.07) is 23.0. The molecule has 0 bridgehead atoms. The molecule has 6 aromatic rings. The maximum atomic E-state index is 13.5. The quantitative estimate of drug-likeness (QED) is 0.0968. The van der Waals surface area contributed by atoms with Crippen molar-refractivity contribution in [1.82, 2.24) is 40.5 Å². The number of carbonyl (C=O) groups excluding carboxylic acids is 2. The molecule has 0 aliphatic heterocycles. The summed E-state index contributed by atoms with van der Waals surface area (Å²) in [5, 5.41) is 5.58. The van der Waals surface area contributed by atoms with Crippen LogP contribution in [0.5, 0.6) is 11.5 Å². The summed E-state index contributed by atoms with van der Waals surface area (Å²) in [5.41, 5.74) is 5.24. The van der Waals surface area contributed by atoms with Gasteiger partial charge in [-0.2, -0.15) is 0 Å². The molecule has 4 heterocycles. The van der Waals surface area contributed by atoms with E-state index < -0.39 is 0 Å². The SMILES string of the molecule is CNC(=O)c1[nH]c(-c2ncc(CNC(=O)c3[nH]c(-c4ncc(C)[nH]4)cc3O[C@H](C)c3ccccc3)[nH]2)cc1O[C@@H](C)c1ccccc1. The number of aryl methyl sites for hydroxylation is 1. The number of aromatic nitrogens is 6. The number of hydrogen-bond donors (Lipinski definition) is 6. The van der Waals surface area contributed by atoms with Gasteiger partial charge in [0.15, 0.2) is 23.1 Å². The number of carbonyl (C=O) groups is 2. The van der Waals surface area contributed by atoms with Gasteiger partial charge in [0.05, 0.1) is 29.8 Å². The number of H-pyrrole nitrogens is 4. The highest BCUT2D eigenvalue weighted by atomic mass is 16.5. The number of rotatable bonds is 12. The van der Waals surface area contributed by atoms with Crippen LogP contribution in [-0.4, -0.2) is 48.8 Å². The van der Waals surface area contributed by atoms with Crippen LogP contribution in [0.1, 0.15) is 69.5 Å². The fourth-order valence-electron chi connectivity index (χ4n) is 5.14. The molecular weight excluding hydrogens is 596 g/mol. The molecule has 2 atom stereocenters. The summed E-state index contributed by atoms with van der Waals surface area (Å²) in [6.45, 7) is 5.92. The van der Waals surface area contributed by atoms with Crippen LogP contribution in [0.2, 0.25) is 0 Å². The molecule has 0 spiro atoms. The molecule has 0 saturated carbocycles. The zero-order valence-electron chi connectivity index (χ0n) is 26.5. The van der Waals surface area contributed by atoms with Gasteiger partial charge in [-0.3, -0.25) is 9.59 Å². The van der Waals surface area contributed by atoms with Crippen molar-refractivity contribution < 1.29 is 19.1 Å². The highest BCUT2D eigenvalue weighted by molar-refractivity contribution is 5.96. The first-order chi connectivity index (χ1) is 22.8. The predicted molar refractivity (Wildman–Crippen MR) is 177 cm³/mol. The van der Waals surface area contributed by atoms with Gasteiger partial charge >= 0.3 is 0 Å². The Morgan fingerprint density at radius 3 is 1.74 bits per heavy atom. The van der Waals surface area contributed by atoms with E-state index in [2.05, 4.69) is 40.5 Å². The number of hydrogen-bond acceptors (Lipinski definition) is 6. The van der Waals surface area contributed by atoms with E-state index in [1.807, 2.05) is 81.4 Å². The van der Waals surface area contributed by atoms with E-state index in [0.717, 1.165) is 16.8 Å². The number of ether oxygens (including phenoxy) is 2. The standard InChI is InChI=1S/C35H36N8O4/c1-20-17-37-32(40-20)26-15-29(47-22(3)24-13-9-6-10-14-24)31(43-26)35(45)39-19-25-18-38-33(41-25)27-16-28(30(42-27)34(44)36-4)46-21(2)23-11-7-5-8-12-23/h5-18,21-22,42-43H,19H2,1-4H3,(H,36,44)(H,37,40)(H,38,41)(H,39,45)/t21-,22+/m0/s1. The van der Waals surface area contributed by atoms with Crippen molar-refractivity contribution in [3.05, 3.63) is 119 Å². The van der Waals surface area contributed by atoms with Crippen LogP contribution in [0.3, 0.4) is 0 Å². The monoisotopic (exact) mass is 632 g/mol. The van der Waals surface area contributed by atoms with E-state index in [-0.39, 0.29) is 42.0 Å². The van der Waals surface area contributed by atoms with Gasteiger partial charge < -0.3 is 40.0 Å². The van der Waals surface area contributed by atoms with E-state index in [0.29, 0.717) is 40.2 Å². The van der Waals surface area contributed by atoms with Crippen molar-refractivity contribution in [3.63, 3.8) is 0 Å². The van der Waals surface area contributed by atoms with Crippen LogP contribution in [0, 0.1) is 6.92 Å². The molecule has 2 aromatic carbocycles. The molecule has 4 aromatic heterocycles. The van der Waals surface area contributed by atoms with E-state index >= 15 is 0 Å². The van der Waals surface area contributed by atoms with Crippen molar-refractivity contribution in [1.29, 1.82) is 0 Å². The molecule has 0 fully saturated rings. The molecule has 6 rings (SSSR count). The maximum absolute atomic E-state index is 13.5. The molecule has 47 heavy (non-hydrogen) atoms. The van der Waals surface area contributed by atoms with E-state index in [4.69, 9.17) is 9.47 Å². The minimum absolute atomic E-state index is 0.158. The minimum atomic E-state index is -0.363. The highest BCUT2D eigenvalue weighted by Crippen LogP contribution is 2.31. The van der Waals surface area contributed by atoms with Gasteiger partial charge in [-0.15, -0.1) is 0 Å². The smallest absolute Gasteiger partial charge is 0.271 e. The van der Waals surface area contributed by atoms with Gasteiger partial charge in [-0.25, -0.2) is 9.97 Å². The molecule has 0 saturated heterocycles. The zero-order valence-corrected chi connectivity index (χ0v) is 26.5. The molecule has 0 unspecified atom stereocenters. The van der Waals surface area contributed by atoms with Crippen molar-refractivity contribution in [3.8, 4) is 34.5 Å². The van der Waals surface area contributed by atoms with Crippen LogP contribution < -0.4 is 20.1 Å². The molecule has 0 radical (unpaired) electrons. The third kappa shape index (κ3) is 6.96. The van der Waals surface area contributed by atoms with Gasteiger partial charge in [0.25, 0.3) is 11.8 Å². The number of nitrogens with zero attached hydrogens (tertiary/aromatic N) is 2. The lowest BCUT2D eigenvalue weighted by Crippen LogP contribution is -2.24. The second-order valence-corrected chi connectivity index (χ2v) is 11.1. The lowest BCUT2D eigenvalue weighted by molar-refractivity contribution is 0.0935. The Labute approximate surface area is 271 Å². The Morgan fingerprint density at radius 1 is 0.723 bits per heavy atom. The molecule has 12 nitrogen and oxygen atoms in total. The van der Waals surface area contributed by atoms with E-state index in [1.54, 1.807) is 31.6 Å². The predicted octanol–water partition coefficient (Wildman–Crippen LogP) is 6.00. The third-order valence-corrected chi connectivity index (χ3v) is 7.67. The molecule has 0 aliphatic carbocycles. The van der Waals surface area contributed by atoms with Crippen LogP contribution in [-0.2, 0) is 6.54 Å². The zero-order chi connectivity index (χ0) is 32.9. The third-order valence-electron chi connectivity index (χ3n) is 7.67. The Morgan fingerprint density at radius 2 is 1.23 bits per heavy atom. The number of nitrogens with one attached hydrogen (secondary N) is 6. The highest BCUT2D eigenvalue weighted by Gasteiger charge is 2.23. The molecule has 2 amide bonds. The lowest BCUT2D eigenvalue weighted by Gasteiger charge is -2.15. The van der Waals surface area contributed by atoms with Crippen molar-refractivity contribution in [2.75, 3.05) is 7.05 Å². The average Bonchev–Trinajstić information content (AvgIpc) is 3.91. The first kappa shape index (κ1) is 31.0. The number of imidazole rings is 2. The van der Waals surface area contributed by atoms with Gasteiger partial charge in [-0.1, -0.05) is 60.7 Å². The Balaban J connectivity index is 1.18. The largest absolute Gasteiger partial charge is 0.484 e. The Kier molecular flexibility index (Phi) is 8.91. The van der Waals surface area contributed by atoms with Crippen molar-refractivity contribution in [2.45, 2.75) is 39.5 Å². The summed E-state index contributed by atoms with van der Waals surface area (Å²) >= 11 is 0. The summed E-state index contributed by atoms with van der Waals surface area (Å²) in [6.07, 6.45) is 2.76. The normalized spacial score (nSPS) is 12.3. The van der Waals surface area contributed by atoms with Crippen LogP contribution in [0.25, 0.3) is 23.0 Å². The number of amides is 2. The summed E-state index contributed by atoms with van der Waals surface area (Å²) < 4.78 is 12.5. The second-order valence-electron chi connectivity index (χ2n) is 11.1. The molecular formula is C35H36N8O4. The molecule has 6 N–H and O–H groups in total. The summed E-state index contributed by atoms with van der Waals surface area (Å²) in [7, 11) is 1.56. The molecule has 12 heteroatoms. The van der Waals surface area contributed by atoms with Crippen molar-refractivity contribution >= 4 is 11.8 Å². The van der Waals surface area contributed by atoms with E-state index in [1.165, 1.54) is 0 Å². The van der Waals surface area contributed by atoms with Gasteiger partial charge in [0, 0.05) is 31.1 Å². The minimum Gasteiger partial charge on any atom is -0.484 e. The topological polar surface area (TPSA) is 166 Å². The Hall–Kier alpha value is -6.04. The second kappa shape index (κ2) is 13.5. The van der Waals surface area contributed by atoms with E-state index in [9.17, 15) is 9.59 Å². The maximum Gasteiger partial charge on any atom is 0.271 e.